The molecule has 2 saturated heterocycles. The summed E-state index contributed by atoms with van der Waals surface area (Å²) in [5.74, 6) is 0.784. The molecule has 0 spiro atoms. The molecule has 2 aliphatic heterocycles. The Morgan fingerprint density at radius 1 is 1.26 bits per heavy atom. The van der Waals surface area contributed by atoms with Crippen molar-refractivity contribution in [2.45, 2.75) is 32.8 Å². The number of rotatable bonds is 7. The minimum absolute atomic E-state index is 0.0556. The van der Waals surface area contributed by atoms with Crippen LogP contribution < -0.4 is 4.74 Å². The van der Waals surface area contributed by atoms with Crippen molar-refractivity contribution in [3.8, 4) is 22.7 Å². The number of carbonyl (C=O) groups excluding carboxylic acids is 1. The van der Waals surface area contributed by atoms with E-state index in [1.807, 2.05) is 73.3 Å². The van der Waals surface area contributed by atoms with Crippen molar-refractivity contribution in [1.82, 2.24) is 14.7 Å². The Kier molecular flexibility index (Phi) is 7.04. The lowest BCUT2D eigenvalue weighted by atomic mass is 10.0. The van der Waals surface area contributed by atoms with Crippen molar-refractivity contribution in [2.24, 2.45) is 0 Å². The van der Waals surface area contributed by atoms with Gasteiger partial charge in [0, 0.05) is 23.9 Å². The minimum atomic E-state index is -0.0724. The first-order valence-corrected chi connectivity index (χ1v) is 13.0. The molecule has 2 aromatic carbocycles. The monoisotopic (exact) mass is 505 g/mol. The highest BCUT2D eigenvalue weighted by molar-refractivity contribution is 8.26. The molecule has 2 fully saturated rings. The molecule has 1 atom stereocenters. The molecule has 8 heteroatoms. The van der Waals surface area contributed by atoms with E-state index in [0.717, 1.165) is 53.3 Å². The number of hydrogen-bond donors (Lipinski definition) is 0. The van der Waals surface area contributed by atoms with E-state index in [1.165, 1.54) is 11.8 Å². The molecule has 3 heterocycles. The molecule has 0 radical (unpaired) electrons. The van der Waals surface area contributed by atoms with Gasteiger partial charge in [0.2, 0.25) is 0 Å². The van der Waals surface area contributed by atoms with E-state index in [-0.39, 0.29) is 12.0 Å². The largest absolute Gasteiger partial charge is 0.494 e. The fourth-order valence-corrected chi connectivity index (χ4v) is 5.60. The summed E-state index contributed by atoms with van der Waals surface area (Å²) in [4.78, 5) is 15.5. The molecule has 0 aliphatic carbocycles. The molecule has 1 amide bonds. The van der Waals surface area contributed by atoms with Crippen molar-refractivity contribution in [2.75, 3.05) is 19.8 Å². The smallest absolute Gasteiger partial charge is 0.266 e. The molecule has 0 bridgehead atoms. The lowest BCUT2D eigenvalue weighted by Crippen LogP contribution is -2.35. The van der Waals surface area contributed by atoms with Crippen LogP contribution in [0.5, 0.6) is 5.75 Å². The van der Waals surface area contributed by atoms with Crippen LogP contribution in [0.4, 0.5) is 0 Å². The number of thioether (sulfide) groups is 1. The first-order chi connectivity index (χ1) is 17.0. The lowest BCUT2D eigenvalue weighted by Gasteiger charge is -2.18. The lowest BCUT2D eigenvalue weighted by molar-refractivity contribution is -0.123. The van der Waals surface area contributed by atoms with Crippen molar-refractivity contribution in [3.05, 3.63) is 70.8 Å². The molecule has 6 nitrogen and oxygen atoms in total. The molecule has 35 heavy (non-hydrogen) atoms. The SMILES string of the molecule is CCOc1ccc(-c2nn(-c3ccccc3)cc2/C=C2\SC(=S)N(C[C@@H]3CCCO3)C2=O)cc1C. The molecule has 2 aliphatic rings. The number of carbonyl (C=O) groups is 1. The summed E-state index contributed by atoms with van der Waals surface area (Å²) >= 11 is 6.88. The van der Waals surface area contributed by atoms with Crippen LogP contribution in [0.1, 0.15) is 30.9 Å². The number of aromatic nitrogens is 2. The van der Waals surface area contributed by atoms with E-state index in [2.05, 4.69) is 6.07 Å². The topological polar surface area (TPSA) is 56.6 Å². The summed E-state index contributed by atoms with van der Waals surface area (Å²) in [5, 5.41) is 4.90. The number of ether oxygens (including phenoxy) is 2. The first kappa shape index (κ1) is 23.8. The van der Waals surface area contributed by atoms with Crippen LogP contribution >= 0.6 is 24.0 Å². The van der Waals surface area contributed by atoms with Gasteiger partial charge in [-0.15, -0.1) is 0 Å². The number of amides is 1. The van der Waals surface area contributed by atoms with Gasteiger partial charge in [0.25, 0.3) is 5.91 Å². The Bertz CT molecular complexity index is 1280. The van der Waals surface area contributed by atoms with Crippen LogP contribution in [0.25, 0.3) is 23.0 Å². The highest BCUT2D eigenvalue weighted by Gasteiger charge is 2.35. The molecule has 1 aromatic heterocycles. The molecule has 0 saturated carbocycles. The standard InChI is InChI=1S/C27H27N3O3S2/c1-3-32-23-12-11-19(14-18(23)2)25-20(16-30(28-25)21-8-5-4-6-9-21)15-24-26(31)29(27(34)35-24)17-22-10-7-13-33-22/h4-6,8-9,11-12,14-16,22H,3,7,10,13,17H2,1-2H3/b24-15-/t22-/m0/s1. The van der Waals surface area contributed by atoms with E-state index in [1.54, 1.807) is 4.90 Å². The molecule has 0 N–H and O–H groups in total. The van der Waals surface area contributed by atoms with Gasteiger partial charge in [-0.3, -0.25) is 9.69 Å². The second-order valence-corrected chi connectivity index (χ2v) is 10.2. The summed E-state index contributed by atoms with van der Waals surface area (Å²) in [6.45, 7) is 5.87. The third-order valence-corrected chi connectivity index (χ3v) is 7.46. The van der Waals surface area contributed by atoms with Crippen LogP contribution in [0.15, 0.2) is 59.6 Å². The van der Waals surface area contributed by atoms with E-state index >= 15 is 0 Å². The van der Waals surface area contributed by atoms with Crippen molar-refractivity contribution >= 4 is 40.3 Å². The quantitative estimate of drug-likeness (QED) is 0.307. The van der Waals surface area contributed by atoms with Gasteiger partial charge in [0.1, 0.15) is 15.8 Å². The number of nitrogens with zero attached hydrogens (tertiary/aromatic N) is 3. The van der Waals surface area contributed by atoms with E-state index < -0.39 is 0 Å². The average molecular weight is 506 g/mol. The second kappa shape index (κ2) is 10.4. The van der Waals surface area contributed by atoms with Crippen LogP contribution in [0, 0.1) is 6.92 Å². The van der Waals surface area contributed by atoms with Gasteiger partial charge in [0.05, 0.1) is 29.8 Å². The van der Waals surface area contributed by atoms with Crippen molar-refractivity contribution in [3.63, 3.8) is 0 Å². The van der Waals surface area contributed by atoms with Crippen molar-refractivity contribution < 1.29 is 14.3 Å². The highest BCUT2D eigenvalue weighted by Crippen LogP contribution is 2.36. The maximum Gasteiger partial charge on any atom is 0.266 e. The third kappa shape index (κ3) is 5.05. The van der Waals surface area contributed by atoms with Gasteiger partial charge in [-0.25, -0.2) is 4.68 Å². The second-order valence-electron chi connectivity index (χ2n) is 8.55. The summed E-state index contributed by atoms with van der Waals surface area (Å²) in [7, 11) is 0. The van der Waals surface area contributed by atoms with Crippen molar-refractivity contribution in [1.29, 1.82) is 0 Å². The van der Waals surface area contributed by atoms with Crippen LogP contribution in [0.2, 0.25) is 0 Å². The number of aryl methyl sites for hydroxylation is 1. The Labute approximate surface area is 214 Å². The van der Waals surface area contributed by atoms with Gasteiger partial charge in [0.15, 0.2) is 0 Å². The molecule has 180 valence electrons. The Morgan fingerprint density at radius 3 is 2.80 bits per heavy atom. The number of benzene rings is 2. The van der Waals surface area contributed by atoms with Crippen LogP contribution in [-0.4, -0.2) is 50.8 Å². The van der Waals surface area contributed by atoms with E-state index in [4.69, 9.17) is 26.8 Å². The summed E-state index contributed by atoms with van der Waals surface area (Å²) in [6.07, 6.45) is 5.91. The summed E-state index contributed by atoms with van der Waals surface area (Å²) < 4.78 is 13.9. The van der Waals surface area contributed by atoms with Gasteiger partial charge in [-0.05, 0) is 68.7 Å². The molecular weight excluding hydrogens is 478 g/mol. The first-order valence-electron chi connectivity index (χ1n) is 11.8. The minimum Gasteiger partial charge on any atom is -0.494 e. The zero-order chi connectivity index (χ0) is 24.4. The number of thiocarbonyl (C=S) groups is 1. The third-order valence-electron chi connectivity index (χ3n) is 6.08. The van der Waals surface area contributed by atoms with E-state index in [9.17, 15) is 4.79 Å². The average Bonchev–Trinajstić information content (AvgIpc) is 3.59. The Morgan fingerprint density at radius 2 is 2.09 bits per heavy atom. The summed E-state index contributed by atoms with van der Waals surface area (Å²) in [5.41, 5.74) is 4.59. The molecule has 5 rings (SSSR count). The summed E-state index contributed by atoms with van der Waals surface area (Å²) in [6, 6.07) is 16.0. The molecule has 0 unspecified atom stereocenters. The maximum absolute atomic E-state index is 13.3. The zero-order valence-corrected chi connectivity index (χ0v) is 21.4. The zero-order valence-electron chi connectivity index (χ0n) is 19.8. The highest BCUT2D eigenvalue weighted by atomic mass is 32.2. The van der Waals surface area contributed by atoms with Gasteiger partial charge in [-0.2, -0.15) is 5.10 Å². The van der Waals surface area contributed by atoms with Crippen LogP contribution in [-0.2, 0) is 9.53 Å². The fourth-order valence-electron chi connectivity index (χ4n) is 4.33. The fraction of sp³-hybridized carbons (Fsp3) is 0.296. The van der Waals surface area contributed by atoms with E-state index in [0.29, 0.717) is 22.4 Å². The Hall–Kier alpha value is -2.94. The Balaban J connectivity index is 1.52. The van der Waals surface area contributed by atoms with Gasteiger partial charge in [-0.1, -0.05) is 42.2 Å². The van der Waals surface area contributed by atoms with Gasteiger partial charge >= 0.3 is 0 Å². The predicted molar refractivity (Wildman–Crippen MR) is 144 cm³/mol. The van der Waals surface area contributed by atoms with Gasteiger partial charge < -0.3 is 9.47 Å². The molecule has 3 aromatic rings. The maximum atomic E-state index is 13.3. The van der Waals surface area contributed by atoms with Crippen LogP contribution in [0.3, 0.4) is 0 Å². The number of hydrogen-bond acceptors (Lipinski definition) is 6. The molecular formula is C27H27N3O3S2. The normalized spacial score (nSPS) is 19.2. The predicted octanol–water partition coefficient (Wildman–Crippen LogP) is 5.63. The number of para-hydroxylation sites is 1.